The highest BCUT2D eigenvalue weighted by Gasteiger charge is 2.40. The second-order valence-electron chi connectivity index (χ2n) is 11.5. The molecule has 228 valence electrons. The SMILES string of the molecule is C/C=C/CCCCCCCCCCCCCC[N+](CC(CC)C(=O)O)(CC(CC)C(=O)O)CC(CC)C(=O)O. The van der Waals surface area contributed by atoms with Crippen molar-refractivity contribution in [3.05, 3.63) is 12.2 Å². The zero-order chi connectivity index (χ0) is 29.5. The van der Waals surface area contributed by atoms with Gasteiger partial charge in [-0.05, 0) is 51.9 Å². The van der Waals surface area contributed by atoms with Crippen LogP contribution in [0.3, 0.4) is 0 Å². The van der Waals surface area contributed by atoms with E-state index in [1.165, 1.54) is 64.2 Å². The third-order valence-corrected chi connectivity index (χ3v) is 8.34. The van der Waals surface area contributed by atoms with Crippen LogP contribution in [0, 0.1) is 17.8 Å². The van der Waals surface area contributed by atoms with Gasteiger partial charge in [0.15, 0.2) is 0 Å². The maximum atomic E-state index is 12.0. The standard InChI is InChI=1S/C32H59NO6/c1-5-9-10-11-12-13-14-15-16-17-18-19-20-21-22-23-33(24-27(6-2)30(34)35,25-28(7-3)31(36)37)26-29(8-4)32(38)39/h5,9,27-29H,6-8,10-26H2,1-4H3,(H2-,34,35,36,37,38,39)/p+1/b9-5+. The monoisotopic (exact) mass is 554 g/mol. The minimum absolute atomic E-state index is 0.259. The minimum atomic E-state index is -0.889. The van der Waals surface area contributed by atoms with E-state index in [0.29, 0.717) is 25.8 Å². The number of carboxylic acids is 3. The average Bonchev–Trinajstić information content (AvgIpc) is 2.90. The predicted molar refractivity (Wildman–Crippen MR) is 159 cm³/mol. The molecule has 0 aromatic heterocycles. The summed E-state index contributed by atoms with van der Waals surface area (Å²) in [5.74, 6) is -4.51. The van der Waals surface area contributed by atoms with Crippen LogP contribution in [-0.2, 0) is 14.4 Å². The van der Waals surface area contributed by atoms with Crippen LogP contribution in [0.1, 0.15) is 130 Å². The van der Waals surface area contributed by atoms with Crippen LogP contribution >= 0.6 is 0 Å². The van der Waals surface area contributed by atoms with Crippen LogP contribution in [0.25, 0.3) is 0 Å². The lowest BCUT2D eigenvalue weighted by molar-refractivity contribution is -0.935. The van der Waals surface area contributed by atoms with E-state index in [-0.39, 0.29) is 24.1 Å². The number of allylic oxidation sites excluding steroid dienone is 2. The summed E-state index contributed by atoms with van der Waals surface area (Å²) in [4.78, 5) is 35.9. The summed E-state index contributed by atoms with van der Waals surface area (Å²) < 4.78 is 0.259. The second-order valence-corrected chi connectivity index (χ2v) is 11.5. The molecule has 3 N–H and O–H groups in total. The van der Waals surface area contributed by atoms with Crippen molar-refractivity contribution in [1.29, 1.82) is 0 Å². The molecule has 0 aromatic rings. The molecule has 3 atom stereocenters. The molecule has 39 heavy (non-hydrogen) atoms. The maximum absolute atomic E-state index is 12.0. The fourth-order valence-electron chi connectivity index (χ4n) is 5.69. The van der Waals surface area contributed by atoms with E-state index in [4.69, 9.17) is 0 Å². The summed E-state index contributed by atoms with van der Waals surface area (Å²) in [6, 6.07) is 0. The van der Waals surface area contributed by atoms with Gasteiger partial charge in [0, 0.05) is 0 Å². The summed E-state index contributed by atoms with van der Waals surface area (Å²) in [7, 11) is 0. The highest BCUT2D eigenvalue weighted by molar-refractivity contribution is 5.71. The second kappa shape index (κ2) is 22.9. The van der Waals surface area contributed by atoms with Crippen molar-refractivity contribution in [2.75, 3.05) is 26.2 Å². The molecular weight excluding hydrogens is 494 g/mol. The number of aliphatic carboxylic acids is 3. The Labute approximate surface area is 238 Å². The first-order valence-corrected chi connectivity index (χ1v) is 15.8. The van der Waals surface area contributed by atoms with Gasteiger partial charge in [0.05, 0.1) is 26.2 Å². The van der Waals surface area contributed by atoms with E-state index in [0.717, 1.165) is 19.3 Å². The van der Waals surface area contributed by atoms with Crippen molar-refractivity contribution in [1.82, 2.24) is 0 Å². The predicted octanol–water partition coefficient (Wildman–Crippen LogP) is 7.78. The Hall–Kier alpha value is -1.89. The van der Waals surface area contributed by atoms with Gasteiger partial charge in [0.1, 0.15) is 17.8 Å². The first kappa shape index (κ1) is 37.1. The number of nitrogens with zero attached hydrogens (tertiary/aromatic N) is 1. The molecule has 0 amide bonds. The minimum Gasteiger partial charge on any atom is -0.481 e. The molecule has 0 aliphatic carbocycles. The number of hydrogen-bond acceptors (Lipinski definition) is 3. The Morgan fingerprint density at radius 3 is 1.15 bits per heavy atom. The van der Waals surface area contributed by atoms with Crippen molar-refractivity contribution in [3.8, 4) is 0 Å². The van der Waals surface area contributed by atoms with Gasteiger partial charge < -0.3 is 19.8 Å². The normalized spacial score (nSPS) is 15.6. The number of carboxylic acid groups (broad SMARTS) is 3. The largest absolute Gasteiger partial charge is 0.481 e. The van der Waals surface area contributed by atoms with Gasteiger partial charge in [-0.2, -0.15) is 0 Å². The number of hydrogen-bond donors (Lipinski definition) is 3. The number of carbonyl (C=O) groups is 3. The van der Waals surface area contributed by atoms with E-state index < -0.39 is 35.7 Å². The molecule has 0 radical (unpaired) electrons. The molecule has 0 aliphatic rings. The van der Waals surface area contributed by atoms with Crippen LogP contribution < -0.4 is 0 Å². The molecule has 0 rings (SSSR count). The third-order valence-electron chi connectivity index (χ3n) is 8.34. The van der Waals surface area contributed by atoms with Crippen LogP contribution in [-0.4, -0.2) is 63.9 Å². The van der Waals surface area contributed by atoms with Gasteiger partial charge in [-0.25, -0.2) is 0 Å². The Morgan fingerprint density at radius 2 is 0.872 bits per heavy atom. The number of quaternary nitrogens is 1. The third kappa shape index (κ3) is 17.4. The van der Waals surface area contributed by atoms with Crippen molar-refractivity contribution >= 4 is 17.9 Å². The highest BCUT2D eigenvalue weighted by Crippen LogP contribution is 2.25. The Bertz CT molecular complexity index is 632. The van der Waals surface area contributed by atoms with Crippen LogP contribution in [0.5, 0.6) is 0 Å². The molecule has 7 nitrogen and oxygen atoms in total. The number of rotatable bonds is 27. The molecule has 0 aliphatic heterocycles. The quantitative estimate of drug-likeness (QED) is 0.0543. The topological polar surface area (TPSA) is 112 Å². The van der Waals surface area contributed by atoms with E-state index in [2.05, 4.69) is 19.1 Å². The van der Waals surface area contributed by atoms with Gasteiger partial charge in [-0.15, -0.1) is 0 Å². The smallest absolute Gasteiger partial charge is 0.312 e. The maximum Gasteiger partial charge on any atom is 0.312 e. The van der Waals surface area contributed by atoms with Crippen molar-refractivity contribution in [2.45, 2.75) is 130 Å². The van der Waals surface area contributed by atoms with Gasteiger partial charge in [-0.3, -0.25) is 14.4 Å². The molecule has 0 saturated heterocycles. The summed E-state index contributed by atoms with van der Waals surface area (Å²) in [6.07, 6.45) is 21.4. The fraction of sp³-hybridized carbons (Fsp3) is 0.844. The molecule has 0 aromatic carbocycles. The van der Waals surface area contributed by atoms with Gasteiger partial charge >= 0.3 is 17.9 Å². The van der Waals surface area contributed by atoms with Gasteiger partial charge in [-0.1, -0.05) is 90.7 Å². The molecule has 0 spiro atoms. The number of unbranched alkanes of at least 4 members (excludes halogenated alkanes) is 12. The zero-order valence-corrected chi connectivity index (χ0v) is 25.5. The lowest BCUT2D eigenvalue weighted by Gasteiger charge is -2.43. The highest BCUT2D eigenvalue weighted by atomic mass is 16.4. The Morgan fingerprint density at radius 1 is 0.564 bits per heavy atom. The summed E-state index contributed by atoms with van der Waals surface area (Å²) >= 11 is 0. The summed E-state index contributed by atoms with van der Waals surface area (Å²) in [5, 5.41) is 29.4. The van der Waals surface area contributed by atoms with Gasteiger partial charge in [0.2, 0.25) is 0 Å². The first-order chi connectivity index (χ1) is 18.7. The molecular formula is C32H60NO6+. The van der Waals surface area contributed by atoms with E-state index in [1.807, 2.05) is 20.8 Å². The van der Waals surface area contributed by atoms with E-state index in [9.17, 15) is 29.7 Å². The first-order valence-electron chi connectivity index (χ1n) is 15.8. The molecule has 0 heterocycles. The lowest BCUT2D eigenvalue weighted by atomic mass is 9.95. The molecule has 0 saturated carbocycles. The molecule has 0 bridgehead atoms. The fourth-order valence-corrected chi connectivity index (χ4v) is 5.69. The summed E-state index contributed by atoms with van der Waals surface area (Å²) in [6.45, 7) is 9.07. The average molecular weight is 555 g/mol. The zero-order valence-electron chi connectivity index (χ0n) is 25.5. The van der Waals surface area contributed by atoms with E-state index >= 15 is 0 Å². The van der Waals surface area contributed by atoms with E-state index in [1.54, 1.807) is 0 Å². The van der Waals surface area contributed by atoms with Crippen LogP contribution in [0.2, 0.25) is 0 Å². The van der Waals surface area contributed by atoms with Crippen molar-refractivity contribution < 1.29 is 34.2 Å². The van der Waals surface area contributed by atoms with Gasteiger partial charge in [0.25, 0.3) is 0 Å². The molecule has 0 fully saturated rings. The van der Waals surface area contributed by atoms with Crippen LogP contribution in [0.15, 0.2) is 12.2 Å². The molecule has 7 heteroatoms. The Balaban J connectivity index is 4.91. The van der Waals surface area contributed by atoms with Crippen molar-refractivity contribution in [3.63, 3.8) is 0 Å². The van der Waals surface area contributed by atoms with Crippen LogP contribution in [0.4, 0.5) is 0 Å². The molecule has 3 unspecified atom stereocenters. The Kier molecular flexibility index (Phi) is 21.8. The summed E-state index contributed by atoms with van der Waals surface area (Å²) in [5.41, 5.74) is 0. The van der Waals surface area contributed by atoms with Crippen molar-refractivity contribution in [2.24, 2.45) is 17.8 Å². The lowest BCUT2D eigenvalue weighted by Crippen LogP contribution is -2.58.